The molecule has 0 saturated carbocycles. The van der Waals surface area contributed by atoms with Crippen molar-refractivity contribution >= 4 is 11.6 Å². The zero-order valence-electron chi connectivity index (χ0n) is 13.1. The van der Waals surface area contributed by atoms with Crippen molar-refractivity contribution in [3.63, 3.8) is 0 Å². The number of hydrogen-bond donors (Lipinski definition) is 3. The van der Waals surface area contributed by atoms with Crippen LogP contribution in [0.4, 0.5) is 5.69 Å². The maximum absolute atomic E-state index is 12.2. The summed E-state index contributed by atoms with van der Waals surface area (Å²) in [6.07, 6.45) is 4.08. The summed E-state index contributed by atoms with van der Waals surface area (Å²) >= 11 is 0. The quantitative estimate of drug-likeness (QED) is 0.740. The van der Waals surface area contributed by atoms with Crippen LogP contribution >= 0.6 is 0 Å². The molecule has 0 unspecified atom stereocenters. The Labute approximate surface area is 126 Å². The first kappa shape index (κ1) is 15.8. The Kier molecular flexibility index (Phi) is 5.61. The molecule has 118 valence electrons. The van der Waals surface area contributed by atoms with E-state index in [1.165, 1.54) is 0 Å². The van der Waals surface area contributed by atoms with Crippen LogP contribution < -0.4 is 11.1 Å². The smallest absolute Gasteiger partial charge is 0.273 e. The molecule has 1 amide bonds. The number of piperidine rings is 1. The third-order valence-corrected chi connectivity index (χ3v) is 4.30. The summed E-state index contributed by atoms with van der Waals surface area (Å²) in [4.78, 5) is 14.6. The van der Waals surface area contributed by atoms with E-state index in [9.17, 15) is 4.79 Å². The summed E-state index contributed by atoms with van der Waals surface area (Å²) in [5.74, 6) is 0.399. The SMILES string of the molecule is CCCc1[nH]nc(C(=O)NCC2CCN(CC)CC2)c1N. The van der Waals surface area contributed by atoms with Gasteiger partial charge in [0.15, 0.2) is 5.69 Å². The van der Waals surface area contributed by atoms with E-state index in [-0.39, 0.29) is 5.91 Å². The zero-order valence-corrected chi connectivity index (χ0v) is 13.1. The highest BCUT2D eigenvalue weighted by Crippen LogP contribution is 2.18. The number of hydrogen-bond acceptors (Lipinski definition) is 4. The summed E-state index contributed by atoms with van der Waals surface area (Å²) < 4.78 is 0. The summed E-state index contributed by atoms with van der Waals surface area (Å²) in [7, 11) is 0. The number of carbonyl (C=O) groups is 1. The Balaban J connectivity index is 1.82. The molecular formula is C15H27N5O. The van der Waals surface area contributed by atoms with Gasteiger partial charge in [-0.2, -0.15) is 5.10 Å². The van der Waals surface area contributed by atoms with E-state index in [0.29, 0.717) is 23.8 Å². The lowest BCUT2D eigenvalue weighted by Crippen LogP contribution is -2.38. The fourth-order valence-electron chi connectivity index (χ4n) is 2.83. The van der Waals surface area contributed by atoms with Gasteiger partial charge >= 0.3 is 0 Å². The van der Waals surface area contributed by atoms with Gasteiger partial charge in [0.1, 0.15) is 0 Å². The van der Waals surface area contributed by atoms with Gasteiger partial charge in [0.05, 0.1) is 11.4 Å². The molecule has 1 aliphatic rings. The van der Waals surface area contributed by atoms with Crippen molar-refractivity contribution in [3.8, 4) is 0 Å². The number of anilines is 1. The van der Waals surface area contributed by atoms with Crippen molar-refractivity contribution in [3.05, 3.63) is 11.4 Å². The maximum Gasteiger partial charge on any atom is 0.273 e. The zero-order chi connectivity index (χ0) is 15.2. The number of amides is 1. The molecule has 0 atom stereocenters. The van der Waals surface area contributed by atoms with Crippen LogP contribution in [0, 0.1) is 5.92 Å². The molecule has 0 aromatic carbocycles. The van der Waals surface area contributed by atoms with Gasteiger partial charge in [-0.1, -0.05) is 20.3 Å². The van der Waals surface area contributed by atoms with Gasteiger partial charge < -0.3 is 16.0 Å². The number of rotatable bonds is 6. The molecule has 1 aromatic heterocycles. The molecule has 4 N–H and O–H groups in total. The Bertz CT molecular complexity index is 463. The molecule has 2 heterocycles. The number of aromatic amines is 1. The van der Waals surface area contributed by atoms with Gasteiger partial charge in [0.25, 0.3) is 5.91 Å². The number of likely N-dealkylation sites (tertiary alicyclic amines) is 1. The second-order valence-corrected chi connectivity index (χ2v) is 5.80. The van der Waals surface area contributed by atoms with E-state index in [1.807, 2.05) is 0 Å². The van der Waals surface area contributed by atoms with E-state index in [1.54, 1.807) is 0 Å². The molecule has 1 aromatic rings. The van der Waals surface area contributed by atoms with Crippen LogP contribution in [0.5, 0.6) is 0 Å². The molecule has 6 heteroatoms. The molecule has 1 aliphatic heterocycles. The number of aryl methyl sites for hydroxylation is 1. The van der Waals surface area contributed by atoms with Gasteiger partial charge in [0, 0.05) is 6.54 Å². The molecule has 21 heavy (non-hydrogen) atoms. The summed E-state index contributed by atoms with van der Waals surface area (Å²) in [5, 5.41) is 9.90. The fraction of sp³-hybridized carbons (Fsp3) is 0.733. The van der Waals surface area contributed by atoms with Crippen molar-refractivity contribution in [2.45, 2.75) is 39.5 Å². The van der Waals surface area contributed by atoms with Gasteiger partial charge in [0.2, 0.25) is 0 Å². The first-order chi connectivity index (χ1) is 10.2. The normalized spacial score (nSPS) is 17.0. The van der Waals surface area contributed by atoms with E-state index in [2.05, 4.69) is 34.3 Å². The Hall–Kier alpha value is -1.56. The monoisotopic (exact) mass is 293 g/mol. The second kappa shape index (κ2) is 7.45. The number of nitrogen functional groups attached to an aromatic ring is 1. The molecule has 0 spiro atoms. The highest BCUT2D eigenvalue weighted by Gasteiger charge is 2.21. The lowest BCUT2D eigenvalue weighted by atomic mass is 9.97. The van der Waals surface area contributed by atoms with E-state index in [0.717, 1.165) is 51.0 Å². The molecule has 6 nitrogen and oxygen atoms in total. The average Bonchev–Trinajstić information content (AvgIpc) is 2.87. The van der Waals surface area contributed by atoms with Crippen molar-refractivity contribution < 1.29 is 4.79 Å². The van der Waals surface area contributed by atoms with E-state index in [4.69, 9.17) is 5.73 Å². The molecule has 2 rings (SSSR count). The van der Waals surface area contributed by atoms with Crippen molar-refractivity contribution in [1.82, 2.24) is 20.4 Å². The first-order valence-electron chi connectivity index (χ1n) is 7.98. The molecule has 0 bridgehead atoms. The second-order valence-electron chi connectivity index (χ2n) is 5.80. The molecule has 0 aliphatic carbocycles. The summed E-state index contributed by atoms with van der Waals surface area (Å²) in [5.41, 5.74) is 7.67. The topological polar surface area (TPSA) is 87.0 Å². The first-order valence-corrected chi connectivity index (χ1v) is 7.98. The molecule has 1 saturated heterocycles. The lowest BCUT2D eigenvalue weighted by molar-refractivity contribution is 0.0932. The molecule has 1 fully saturated rings. The number of aromatic nitrogens is 2. The molecular weight excluding hydrogens is 266 g/mol. The number of carbonyl (C=O) groups excluding carboxylic acids is 1. The van der Waals surface area contributed by atoms with Crippen LogP contribution in [0.2, 0.25) is 0 Å². The fourth-order valence-corrected chi connectivity index (χ4v) is 2.83. The lowest BCUT2D eigenvalue weighted by Gasteiger charge is -2.30. The Morgan fingerprint density at radius 3 is 2.76 bits per heavy atom. The molecule has 0 radical (unpaired) electrons. The summed E-state index contributed by atoms with van der Waals surface area (Å²) in [6, 6.07) is 0. The maximum atomic E-state index is 12.2. The van der Waals surface area contributed by atoms with Crippen molar-refractivity contribution in [2.24, 2.45) is 5.92 Å². The average molecular weight is 293 g/mol. The van der Waals surface area contributed by atoms with Crippen LogP contribution in [-0.2, 0) is 6.42 Å². The van der Waals surface area contributed by atoms with Gasteiger partial charge in [-0.25, -0.2) is 0 Å². The van der Waals surface area contributed by atoms with E-state index < -0.39 is 0 Å². The number of H-pyrrole nitrogens is 1. The Morgan fingerprint density at radius 1 is 1.43 bits per heavy atom. The number of nitrogens with one attached hydrogen (secondary N) is 2. The summed E-state index contributed by atoms with van der Waals surface area (Å²) in [6.45, 7) is 8.35. The third kappa shape index (κ3) is 3.97. The van der Waals surface area contributed by atoms with Crippen LogP contribution in [0.3, 0.4) is 0 Å². The highest BCUT2D eigenvalue weighted by atomic mass is 16.1. The van der Waals surface area contributed by atoms with Crippen molar-refractivity contribution in [1.29, 1.82) is 0 Å². The highest BCUT2D eigenvalue weighted by molar-refractivity contribution is 5.97. The third-order valence-electron chi connectivity index (χ3n) is 4.30. The number of nitrogens with two attached hydrogens (primary N) is 1. The van der Waals surface area contributed by atoms with E-state index >= 15 is 0 Å². The van der Waals surface area contributed by atoms with Gasteiger partial charge in [-0.05, 0) is 44.8 Å². The standard InChI is InChI=1S/C15H27N5O/c1-3-5-12-13(16)14(19-18-12)15(21)17-10-11-6-8-20(4-2)9-7-11/h11H,3-10,16H2,1-2H3,(H,17,21)(H,18,19). The van der Waals surface area contributed by atoms with Crippen LogP contribution in [0.25, 0.3) is 0 Å². The predicted molar refractivity (Wildman–Crippen MR) is 84.2 cm³/mol. The minimum absolute atomic E-state index is 0.163. The number of nitrogens with zero attached hydrogens (tertiary/aromatic N) is 2. The van der Waals surface area contributed by atoms with Gasteiger partial charge in [-0.3, -0.25) is 9.89 Å². The minimum Gasteiger partial charge on any atom is -0.395 e. The van der Waals surface area contributed by atoms with Crippen LogP contribution in [0.1, 0.15) is 49.3 Å². The largest absolute Gasteiger partial charge is 0.395 e. The Morgan fingerprint density at radius 2 is 2.14 bits per heavy atom. The van der Waals surface area contributed by atoms with Gasteiger partial charge in [-0.15, -0.1) is 0 Å². The predicted octanol–water partition coefficient (Wildman–Crippen LogP) is 1.41. The van der Waals surface area contributed by atoms with Crippen molar-refractivity contribution in [2.75, 3.05) is 31.9 Å². The minimum atomic E-state index is -0.163. The van der Waals surface area contributed by atoms with Crippen LogP contribution in [0.15, 0.2) is 0 Å². The van der Waals surface area contributed by atoms with Crippen LogP contribution in [-0.4, -0.2) is 47.2 Å².